The van der Waals surface area contributed by atoms with Gasteiger partial charge in [0.15, 0.2) is 0 Å². The summed E-state index contributed by atoms with van der Waals surface area (Å²) in [6, 6.07) is 12.3. The van der Waals surface area contributed by atoms with Crippen LogP contribution in [0.1, 0.15) is 29.9 Å². The Kier molecular flexibility index (Phi) is 5.30. The maximum absolute atomic E-state index is 12.7. The highest BCUT2D eigenvalue weighted by Crippen LogP contribution is 2.22. The molecule has 3 heterocycles. The molecule has 5 heteroatoms. The number of hydrogen-bond donors (Lipinski definition) is 2. The first-order valence-electron chi connectivity index (χ1n) is 9.79. The van der Waals surface area contributed by atoms with Crippen molar-refractivity contribution < 1.29 is 9.21 Å². The van der Waals surface area contributed by atoms with Crippen LogP contribution in [-0.2, 0) is 17.8 Å². The van der Waals surface area contributed by atoms with Gasteiger partial charge in [-0.2, -0.15) is 0 Å². The lowest BCUT2D eigenvalue weighted by Gasteiger charge is -2.31. The number of likely N-dealkylation sites (tertiary alicyclic amines) is 1. The van der Waals surface area contributed by atoms with Crippen molar-refractivity contribution in [2.45, 2.75) is 32.7 Å². The molecule has 27 heavy (non-hydrogen) atoms. The summed E-state index contributed by atoms with van der Waals surface area (Å²) in [5.74, 6) is 1.21. The van der Waals surface area contributed by atoms with Crippen molar-refractivity contribution in [3.63, 3.8) is 0 Å². The molecule has 0 radical (unpaired) electrons. The van der Waals surface area contributed by atoms with E-state index in [0.29, 0.717) is 6.54 Å². The lowest BCUT2D eigenvalue weighted by Crippen LogP contribution is -2.43. The molecule has 0 spiro atoms. The van der Waals surface area contributed by atoms with Gasteiger partial charge in [-0.05, 0) is 56.5 Å². The van der Waals surface area contributed by atoms with Crippen LogP contribution in [-0.4, -0.2) is 35.4 Å². The highest BCUT2D eigenvalue weighted by Gasteiger charge is 2.26. The van der Waals surface area contributed by atoms with Gasteiger partial charge in [-0.1, -0.05) is 18.2 Å². The minimum Gasteiger partial charge on any atom is -0.468 e. The van der Waals surface area contributed by atoms with Gasteiger partial charge in [0.2, 0.25) is 5.91 Å². The van der Waals surface area contributed by atoms with E-state index in [1.807, 2.05) is 18.2 Å². The van der Waals surface area contributed by atoms with Gasteiger partial charge in [0, 0.05) is 29.7 Å². The van der Waals surface area contributed by atoms with E-state index in [2.05, 4.69) is 40.3 Å². The van der Waals surface area contributed by atoms with Crippen molar-refractivity contribution in [3.05, 3.63) is 59.7 Å². The average molecular weight is 365 g/mol. The number of amides is 1. The molecular weight excluding hydrogens is 338 g/mol. The zero-order valence-electron chi connectivity index (χ0n) is 15.8. The van der Waals surface area contributed by atoms with Crippen LogP contribution in [0.25, 0.3) is 10.9 Å². The highest BCUT2D eigenvalue weighted by molar-refractivity contribution is 5.84. The number of hydrogen-bond acceptors (Lipinski definition) is 3. The number of furan rings is 1. The maximum atomic E-state index is 12.7. The number of piperidine rings is 1. The van der Waals surface area contributed by atoms with Gasteiger partial charge in [-0.15, -0.1) is 0 Å². The fourth-order valence-corrected chi connectivity index (χ4v) is 4.15. The van der Waals surface area contributed by atoms with Gasteiger partial charge in [0.25, 0.3) is 0 Å². The zero-order valence-corrected chi connectivity index (χ0v) is 15.8. The van der Waals surface area contributed by atoms with Gasteiger partial charge in [-0.25, -0.2) is 0 Å². The van der Waals surface area contributed by atoms with E-state index >= 15 is 0 Å². The molecule has 5 nitrogen and oxygen atoms in total. The molecular formula is C22H27N3O2. The van der Waals surface area contributed by atoms with Gasteiger partial charge < -0.3 is 14.7 Å². The summed E-state index contributed by atoms with van der Waals surface area (Å²) in [5.41, 5.74) is 3.65. The third-order valence-corrected chi connectivity index (χ3v) is 5.54. The van der Waals surface area contributed by atoms with E-state index in [4.69, 9.17) is 4.42 Å². The molecule has 142 valence electrons. The first-order valence-corrected chi connectivity index (χ1v) is 9.79. The SMILES string of the molecule is Cc1[nH]c2ccccc2c1CCNC(=O)[C@@H]1CCCN(Cc2ccco2)C1. The molecule has 1 aliphatic heterocycles. The van der Waals surface area contributed by atoms with E-state index < -0.39 is 0 Å². The number of aromatic nitrogens is 1. The fourth-order valence-electron chi connectivity index (χ4n) is 4.15. The normalized spacial score (nSPS) is 18.0. The summed E-state index contributed by atoms with van der Waals surface area (Å²) in [6.07, 6.45) is 4.58. The Morgan fingerprint density at radius 1 is 1.30 bits per heavy atom. The van der Waals surface area contributed by atoms with E-state index in [0.717, 1.165) is 50.2 Å². The van der Waals surface area contributed by atoms with Crippen molar-refractivity contribution in [1.29, 1.82) is 0 Å². The summed E-state index contributed by atoms with van der Waals surface area (Å²) in [6.45, 7) is 5.39. The number of aromatic amines is 1. The molecule has 1 amide bonds. The number of para-hydroxylation sites is 1. The lowest BCUT2D eigenvalue weighted by molar-refractivity contribution is -0.126. The molecule has 0 unspecified atom stereocenters. The molecule has 2 aromatic heterocycles. The Morgan fingerprint density at radius 3 is 3.04 bits per heavy atom. The molecule has 3 aromatic rings. The Hall–Kier alpha value is -2.53. The number of carbonyl (C=O) groups excluding carboxylic acids is 1. The predicted octanol–water partition coefficient (Wildman–Crippen LogP) is 3.64. The van der Waals surface area contributed by atoms with Crippen molar-refractivity contribution in [1.82, 2.24) is 15.2 Å². The molecule has 4 rings (SSSR count). The number of rotatable bonds is 6. The topological polar surface area (TPSA) is 61.3 Å². The monoisotopic (exact) mass is 365 g/mol. The van der Waals surface area contributed by atoms with E-state index in [-0.39, 0.29) is 11.8 Å². The summed E-state index contributed by atoms with van der Waals surface area (Å²) < 4.78 is 5.44. The number of nitrogens with zero attached hydrogens (tertiary/aromatic N) is 1. The third-order valence-electron chi connectivity index (χ3n) is 5.54. The number of carbonyl (C=O) groups is 1. The van der Waals surface area contributed by atoms with Gasteiger partial charge >= 0.3 is 0 Å². The summed E-state index contributed by atoms with van der Waals surface area (Å²) >= 11 is 0. The van der Waals surface area contributed by atoms with Crippen LogP contribution in [0, 0.1) is 12.8 Å². The van der Waals surface area contributed by atoms with Crippen LogP contribution in [0.5, 0.6) is 0 Å². The molecule has 0 bridgehead atoms. The van der Waals surface area contributed by atoms with Crippen LogP contribution >= 0.6 is 0 Å². The number of aryl methyl sites for hydroxylation is 1. The standard InChI is InChI=1S/C22H27N3O2/c1-16-19(20-8-2-3-9-21(20)24-16)10-11-23-22(26)17-6-4-12-25(14-17)15-18-7-5-13-27-18/h2-3,5,7-9,13,17,24H,4,6,10-12,14-15H2,1H3,(H,23,26)/t17-/m1/s1. The van der Waals surface area contributed by atoms with Gasteiger partial charge in [0.05, 0.1) is 18.7 Å². The Labute approximate surface area is 159 Å². The minimum atomic E-state index is 0.0674. The summed E-state index contributed by atoms with van der Waals surface area (Å²) in [5, 5.41) is 4.42. The quantitative estimate of drug-likeness (QED) is 0.701. The Balaban J connectivity index is 1.30. The van der Waals surface area contributed by atoms with E-state index in [1.165, 1.54) is 16.6 Å². The molecule has 0 aliphatic carbocycles. The van der Waals surface area contributed by atoms with Crippen LogP contribution in [0.2, 0.25) is 0 Å². The smallest absolute Gasteiger partial charge is 0.224 e. The third kappa shape index (κ3) is 4.08. The van der Waals surface area contributed by atoms with Crippen LogP contribution < -0.4 is 5.32 Å². The van der Waals surface area contributed by atoms with Crippen molar-refractivity contribution in [2.75, 3.05) is 19.6 Å². The Morgan fingerprint density at radius 2 is 2.19 bits per heavy atom. The largest absolute Gasteiger partial charge is 0.468 e. The van der Waals surface area contributed by atoms with Crippen molar-refractivity contribution >= 4 is 16.8 Å². The van der Waals surface area contributed by atoms with Crippen LogP contribution in [0.3, 0.4) is 0 Å². The molecule has 1 fully saturated rings. The molecule has 2 N–H and O–H groups in total. The number of fused-ring (bicyclic) bond motifs is 1. The van der Waals surface area contributed by atoms with Crippen LogP contribution in [0.4, 0.5) is 0 Å². The second-order valence-corrected chi connectivity index (χ2v) is 7.47. The highest BCUT2D eigenvalue weighted by atomic mass is 16.3. The number of benzene rings is 1. The average Bonchev–Trinajstić information content (AvgIpc) is 3.29. The van der Waals surface area contributed by atoms with Crippen molar-refractivity contribution in [2.24, 2.45) is 5.92 Å². The first-order chi connectivity index (χ1) is 13.2. The second kappa shape index (κ2) is 8.01. The second-order valence-electron chi connectivity index (χ2n) is 7.47. The molecule has 1 atom stereocenters. The molecule has 0 saturated carbocycles. The molecule has 1 aromatic carbocycles. The fraction of sp³-hybridized carbons (Fsp3) is 0.409. The van der Waals surface area contributed by atoms with E-state index in [9.17, 15) is 4.79 Å². The number of nitrogens with one attached hydrogen (secondary N) is 2. The number of H-pyrrole nitrogens is 1. The van der Waals surface area contributed by atoms with E-state index in [1.54, 1.807) is 6.26 Å². The Bertz CT molecular complexity index is 898. The first kappa shape index (κ1) is 17.9. The summed E-state index contributed by atoms with van der Waals surface area (Å²) in [7, 11) is 0. The van der Waals surface area contributed by atoms with Gasteiger partial charge in [-0.3, -0.25) is 9.69 Å². The maximum Gasteiger partial charge on any atom is 0.224 e. The molecule has 1 aliphatic rings. The summed E-state index contributed by atoms with van der Waals surface area (Å²) in [4.78, 5) is 18.4. The van der Waals surface area contributed by atoms with Crippen LogP contribution in [0.15, 0.2) is 47.1 Å². The van der Waals surface area contributed by atoms with Gasteiger partial charge in [0.1, 0.15) is 5.76 Å². The lowest BCUT2D eigenvalue weighted by atomic mass is 9.97. The predicted molar refractivity (Wildman–Crippen MR) is 106 cm³/mol. The van der Waals surface area contributed by atoms with Crippen molar-refractivity contribution in [3.8, 4) is 0 Å². The molecule has 1 saturated heterocycles. The zero-order chi connectivity index (χ0) is 18.6. The minimum absolute atomic E-state index is 0.0674.